The maximum atomic E-state index is 13.5. The molecule has 7 nitrogen and oxygen atoms in total. The van der Waals surface area contributed by atoms with Gasteiger partial charge in [0.2, 0.25) is 0 Å². The Labute approximate surface area is 187 Å². The molecule has 1 saturated heterocycles. The minimum Gasteiger partial charge on any atom is -0.342 e. The van der Waals surface area contributed by atoms with Crippen molar-refractivity contribution in [1.29, 1.82) is 0 Å². The summed E-state index contributed by atoms with van der Waals surface area (Å²) in [5, 5.41) is 4.41. The molecule has 0 aliphatic carbocycles. The lowest BCUT2D eigenvalue weighted by atomic mass is 9.99. The summed E-state index contributed by atoms with van der Waals surface area (Å²) in [4.78, 5) is 19.2. The molecular formula is C24H29FN6O. The molecule has 0 saturated carbocycles. The van der Waals surface area contributed by atoms with Gasteiger partial charge in [-0.2, -0.15) is 5.10 Å². The van der Waals surface area contributed by atoms with Crippen LogP contribution >= 0.6 is 0 Å². The van der Waals surface area contributed by atoms with Gasteiger partial charge in [0.15, 0.2) is 5.82 Å². The Morgan fingerprint density at radius 3 is 2.88 bits per heavy atom. The van der Waals surface area contributed by atoms with Crippen LogP contribution in [0.2, 0.25) is 0 Å². The van der Waals surface area contributed by atoms with E-state index in [4.69, 9.17) is 0 Å². The van der Waals surface area contributed by atoms with Gasteiger partial charge in [-0.25, -0.2) is 14.1 Å². The van der Waals surface area contributed by atoms with Gasteiger partial charge in [-0.1, -0.05) is 25.1 Å². The van der Waals surface area contributed by atoms with E-state index in [0.29, 0.717) is 24.3 Å². The summed E-state index contributed by atoms with van der Waals surface area (Å²) in [5.41, 5.74) is 8.99. The van der Waals surface area contributed by atoms with Crippen LogP contribution in [-0.4, -0.2) is 45.2 Å². The van der Waals surface area contributed by atoms with Crippen LogP contribution in [0.25, 0.3) is 5.82 Å². The molecule has 2 atom stereocenters. The summed E-state index contributed by atoms with van der Waals surface area (Å²) in [7, 11) is 1.83. The normalized spacial score (nSPS) is 18.1. The zero-order chi connectivity index (χ0) is 22.5. The van der Waals surface area contributed by atoms with E-state index in [1.165, 1.54) is 6.07 Å². The van der Waals surface area contributed by atoms with Crippen LogP contribution < -0.4 is 10.9 Å². The number of hydrogen-bond donors (Lipinski definition) is 2. The summed E-state index contributed by atoms with van der Waals surface area (Å²) in [6.45, 7) is 2.67. The smallest absolute Gasteiger partial charge is 0.257 e. The molecule has 0 spiro atoms. The first-order valence-electron chi connectivity index (χ1n) is 11.1. The molecule has 1 fully saturated rings. The number of pyridine rings is 1. The van der Waals surface area contributed by atoms with E-state index in [0.717, 1.165) is 30.5 Å². The Kier molecular flexibility index (Phi) is 6.92. The molecule has 0 bridgehead atoms. The molecular weight excluding hydrogens is 407 g/mol. The summed E-state index contributed by atoms with van der Waals surface area (Å²) in [6.07, 6.45) is 6.72. The van der Waals surface area contributed by atoms with Gasteiger partial charge in [0.25, 0.3) is 5.91 Å². The van der Waals surface area contributed by atoms with Gasteiger partial charge in [0.05, 0.1) is 17.5 Å². The SMILES string of the molecule is CCc1c(C(=O)N(C)CCCC2CC(c3cccc(F)c3)NN2)cnn1-c1ccccn1. The molecule has 2 unspecified atom stereocenters. The van der Waals surface area contributed by atoms with E-state index in [-0.39, 0.29) is 23.8 Å². The fourth-order valence-electron chi connectivity index (χ4n) is 4.20. The average Bonchev–Trinajstić information content (AvgIpc) is 3.46. The van der Waals surface area contributed by atoms with E-state index in [1.807, 2.05) is 38.2 Å². The second kappa shape index (κ2) is 10.0. The number of rotatable bonds is 8. The standard InChI is InChI=1S/C24H29FN6O/c1-3-22-20(16-27-31(22)23-11-4-5-12-26-23)24(32)30(2)13-7-10-19-15-21(29-28-19)17-8-6-9-18(25)14-17/h4-6,8-9,11-12,14,16,19,21,28-29H,3,7,10,13,15H2,1-2H3. The third kappa shape index (κ3) is 4.87. The van der Waals surface area contributed by atoms with Gasteiger partial charge >= 0.3 is 0 Å². The van der Waals surface area contributed by atoms with Gasteiger partial charge in [0.1, 0.15) is 5.82 Å². The molecule has 168 valence electrons. The van der Waals surface area contributed by atoms with E-state index in [2.05, 4.69) is 20.9 Å². The van der Waals surface area contributed by atoms with Crippen molar-refractivity contribution in [2.45, 2.75) is 44.7 Å². The Morgan fingerprint density at radius 2 is 2.12 bits per heavy atom. The predicted molar refractivity (Wildman–Crippen MR) is 121 cm³/mol. The Hall–Kier alpha value is -3.10. The minimum atomic E-state index is -0.217. The average molecular weight is 437 g/mol. The van der Waals surface area contributed by atoms with E-state index >= 15 is 0 Å². The van der Waals surface area contributed by atoms with Crippen LogP contribution in [0.1, 0.15) is 53.8 Å². The fraction of sp³-hybridized carbons (Fsp3) is 0.375. The van der Waals surface area contributed by atoms with Crippen LogP contribution in [-0.2, 0) is 6.42 Å². The summed E-state index contributed by atoms with van der Waals surface area (Å²) in [6, 6.07) is 12.7. The molecule has 8 heteroatoms. The molecule has 1 aromatic carbocycles. The van der Waals surface area contributed by atoms with Gasteiger partial charge in [-0.15, -0.1) is 0 Å². The number of carbonyl (C=O) groups excluding carboxylic acids is 1. The number of nitrogens with zero attached hydrogens (tertiary/aromatic N) is 4. The monoisotopic (exact) mass is 436 g/mol. The van der Waals surface area contributed by atoms with Gasteiger partial charge in [-0.05, 0) is 55.5 Å². The molecule has 32 heavy (non-hydrogen) atoms. The molecule has 1 aliphatic rings. The Bertz CT molecular complexity index is 1050. The highest BCUT2D eigenvalue weighted by atomic mass is 19.1. The maximum absolute atomic E-state index is 13.5. The molecule has 3 aromatic rings. The number of benzene rings is 1. The highest BCUT2D eigenvalue weighted by Gasteiger charge is 2.25. The predicted octanol–water partition coefficient (Wildman–Crippen LogP) is 3.43. The third-order valence-corrected chi connectivity index (χ3v) is 5.93. The highest BCUT2D eigenvalue weighted by molar-refractivity contribution is 5.95. The van der Waals surface area contributed by atoms with Crippen molar-refractivity contribution in [1.82, 2.24) is 30.5 Å². The van der Waals surface area contributed by atoms with Crippen molar-refractivity contribution in [2.75, 3.05) is 13.6 Å². The lowest BCUT2D eigenvalue weighted by molar-refractivity contribution is 0.0790. The zero-order valence-electron chi connectivity index (χ0n) is 18.5. The number of halogens is 1. The van der Waals surface area contributed by atoms with E-state index in [9.17, 15) is 9.18 Å². The first-order valence-corrected chi connectivity index (χ1v) is 11.1. The van der Waals surface area contributed by atoms with E-state index < -0.39 is 0 Å². The number of aromatic nitrogens is 3. The Morgan fingerprint density at radius 1 is 1.25 bits per heavy atom. The van der Waals surface area contributed by atoms with Crippen LogP contribution in [0, 0.1) is 5.82 Å². The van der Waals surface area contributed by atoms with Crippen LogP contribution in [0.4, 0.5) is 4.39 Å². The van der Waals surface area contributed by atoms with Crippen LogP contribution in [0.15, 0.2) is 54.9 Å². The van der Waals surface area contributed by atoms with Gasteiger partial charge in [-0.3, -0.25) is 15.6 Å². The van der Waals surface area contributed by atoms with Gasteiger partial charge < -0.3 is 4.90 Å². The Balaban J connectivity index is 1.31. The molecule has 2 aromatic heterocycles. The molecule has 2 N–H and O–H groups in total. The number of nitrogens with one attached hydrogen (secondary N) is 2. The van der Waals surface area contributed by atoms with Crippen LogP contribution in [0.3, 0.4) is 0 Å². The lowest BCUT2D eigenvalue weighted by Crippen LogP contribution is -2.32. The lowest BCUT2D eigenvalue weighted by Gasteiger charge is -2.18. The minimum absolute atomic E-state index is 0.0285. The van der Waals surface area contributed by atoms with Crippen molar-refractivity contribution in [3.63, 3.8) is 0 Å². The fourth-order valence-corrected chi connectivity index (χ4v) is 4.20. The quantitative estimate of drug-likeness (QED) is 0.566. The second-order valence-corrected chi connectivity index (χ2v) is 8.16. The zero-order valence-corrected chi connectivity index (χ0v) is 18.5. The number of hydrazine groups is 1. The first-order chi connectivity index (χ1) is 15.6. The largest absolute Gasteiger partial charge is 0.342 e. The molecule has 1 aliphatic heterocycles. The third-order valence-electron chi connectivity index (χ3n) is 5.93. The molecule has 4 rings (SSSR count). The van der Waals surface area contributed by atoms with Crippen molar-refractivity contribution >= 4 is 5.91 Å². The second-order valence-electron chi connectivity index (χ2n) is 8.16. The van der Waals surface area contributed by atoms with Crippen LogP contribution in [0.5, 0.6) is 0 Å². The first kappa shape index (κ1) is 22.1. The maximum Gasteiger partial charge on any atom is 0.257 e. The molecule has 3 heterocycles. The van der Waals surface area contributed by atoms with Crippen molar-refractivity contribution < 1.29 is 9.18 Å². The molecule has 0 radical (unpaired) electrons. The number of amides is 1. The van der Waals surface area contributed by atoms with Crippen molar-refractivity contribution in [3.8, 4) is 5.82 Å². The topological polar surface area (TPSA) is 75.1 Å². The number of hydrogen-bond acceptors (Lipinski definition) is 5. The van der Waals surface area contributed by atoms with Crippen molar-refractivity contribution in [2.24, 2.45) is 0 Å². The summed E-state index contributed by atoms with van der Waals surface area (Å²) < 4.78 is 15.2. The van der Waals surface area contributed by atoms with E-state index in [1.54, 1.807) is 34.1 Å². The van der Waals surface area contributed by atoms with Gasteiger partial charge in [0, 0.05) is 31.9 Å². The highest BCUT2D eigenvalue weighted by Crippen LogP contribution is 2.24. The molecule has 1 amide bonds. The summed E-state index contributed by atoms with van der Waals surface area (Å²) in [5.74, 6) is 0.462. The number of carbonyl (C=O) groups is 1. The van der Waals surface area contributed by atoms with Crippen molar-refractivity contribution in [3.05, 3.63) is 77.5 Å². The summed E-state index contributed by atoms with van der Waals surface area (Å²) >= 11 is 0.